The van der Waals surface area contributed by atoms with Crippen molar-refractivity contribution in [2.75, 3.05) is 39.0 Å². The summed E-state index contributed by atoms with van der Waals surface area (Å²) in [5.41, 5.74) is 2.76. The van der Waals surface area contributed by atoms with Crippen LogP contribution in [0.1, 0.15) is 24.7 Å². The lowest BCUT2D eigenvalue weighted by Gasteiger charge is -2.19. The van der Waals surface area contributed by atoms with Crippen molar-refractivity contribution >= 4 is 11.7 Å². The largest absolute Gasteiger partial charge is 0.324 e. The van der Waals surface area contributed by atoms with Gasteiger partial charge in [-0.25, -0.2) is 4.79 Å². The van der Waals surface area contributed by atoms with Crippen LogP contribution < -0.4 is 5.32 Å². The fourth-order valence-corrected chi connectivity index (χ4v) is 3.05. The van der Waals surface area contributed by atoms with Crippen molar-refractivity contribution in [1.82, 2.24) is 19.6 Å². The molecule has 1 aliphatic heterocycles. The van der Waals surface area contributed by atoms with Gasteiger partial charge in [-0.15, -0.1) is 0 Å². The molecule has 1 fully saturated rings. The van der Waals surface area contributed by atoms with Crippen molar-refractivity contribution in [1.29, 1.82) is 0 Å². The summed E-state index contributed by atoms with van der Waals surface area (Å²) in [6.07, 6.45) is 1.08. The molecular weight excluding hydrogens is 266 g/mol. The van der Waals surface area contributed by atoms with Crippen molar-refractivity contribution in [3.63, 3.8) is 0 Å². The van der Waals surface area contributed by atoms with Crippen LogP contribution in [-0.2, 0) is 6.54 Å². The summed E-state index contributed by atoms with van der Waals surface area (Å²) < 4.78 is 1.92. The number of urea groups is 1. The molecule has 1 aromatic rings. The first-order valence-corrected chi connectivity index (χ1v) is 7.67. The lowest BCUT2D eigenvalue weighted by molar-refractivity contribution is 0.219. The first-order chi connectivity index (χ1) is 9.92. The van der Waals surface area contributed by atoms with Gasteiger partial charge in [0.25, 0.3) is 0 Å². The summed E-state index contributed by atoms with van der Waals surface area (Å²) in [4.78, 5) is 16.5. The van der Waals surface area contributed by atoms with Crippen LogP contribution in [-0.4, -0.2) is 59.3 Å². The molecule has 0 saturated carbocycles. The maximum Gasteiger partial charge on any atom is 0.321 e. The Morgan fingerprint density at radius 1 is 1.43 bits per heavy atom. The molecule has 0 spiro atoms. The summed E-state index contributed by atoms with van der Waals surface area (Å²) in [5.74, 6) is 0.575. The van der Waals surface area contributed by atoms with E-state index in [2.05, 4.69) is 36.3 Å². The van der Waals surface area contributed by atoms with Crippen molar-refractivity contribution < 1.29 is 4.79 Å². The third kappa shape index (κ3) is 3.56. The molecule has 1 aromatic heterocycles. The number of nitrogens with zero attached hydrogens (tertiary/aromatic N) is 4. The quantitative estimate of drug-likeness (QED) is 0.923. The molecule has 2 rings (SSSR count). The summed E-state index contributed by atoms with van der Waals surface area (Å²) in [6, 6.07) is -0.00175. The van der Waals surface area contributed by atoms with Crippen molar-refractivity contribution in [2.24, 2.45) is 5.92 Å². The van der Waals surface area contributed by atoms with Crippen LogP contribution in [0.15, 0.2) is 0 Å². The van der Waals surface area contributed by atoms with E-state index in [1.807, 2.05) is 23.4 Å². The van der Waals surface area contributed by atoms with Gasteiger partial charge in [-0.3, -0.25) is 4.68 Å². The number of aromatic nitrogens is 2. The Labute approximate surface area is 127 Å². The number of hydrogen-bond acceptors (Lipinski definition) is 3. The van der Waals surface area contributed by atoms with Crippen molar-refractivity contribution in [3.05, 3.63) is 11.4 Å². The van der Waals surface area contributed by atoms with Crippen molar-refractivity contribution in [3.8, 4) is 0 Å². The van der Waals surface area contributed by atoms with Gasteiger partial charge >= 0.3 is 6.03 Å². The molecule has 0 aromatic carbocycles. The predicted octanol–water partition coefficient (Wildman–Crippen LogP) is 1.94. The Morgan fingerprint density at radius 2 is 2.14 bits per heavy atom. The Hall–Kier alpha value is -1.56. The monoisotopic (exact) mass is 293 g/mol. The molecule has 0 aliphatic carbocycles. The molecule has 1 atom stereocenters. The van der Waals surface area contributed by atoms with E-state index < -0.39 is 0 Å². The van der Waals surface area contributed by atoms with E-state index in [0.717, 1.165) is 49.7 Å². The standard InChI is InChI=1S/C15H27N5O/c1-6-20-12(3)14(11(2)17-20)16-15(21)19-8-7-13(10-19)9-18(4)5/h13H,6-10H2,1-5H3,(H,16,21). The van der Waals surface area contributed by atoms with Gasteiger partial charge in [0, 0.05) is 26.2 Å². The Bertz CT molecular complexity index is 508. The second-order valence-corrected chi connectivity index (χ2v) is 6.15. The lowest BCUT2D eigenvalue weighted by Crippen LogP contribution is -2.34. The van der Waals surface area contributed by atoms with Crippen LogP contribution in [0.5, 0.6) is 0 Å². The second-order valence-electron chi connectivity index (χ2n) is 6.15. The molecule has 0 radical (unpaired) electrons. The van der Waals surface area contributed by atoms with E-state index in [0.29, 0.717) is 5.92 Å². The number of carbonyl (C=O) groups is 1. The topological polar surface area (TPSA) is 53.4 Å². The number of aryl methyl sites for hydroxylation is 2. The predicted molar refractivity (Wildman–Crippen MR) is 84.6 cm³/mol. The molecule has 6 nitrogen and oxygen atoms in total. The molecule has 1 unspecified atom stereocenters. The van der Waals surface area contributed by atoms with Crippen LogP contribution in [0.25, 0.3) is 0 Å². The summed E-state index contributed by atoms with van der Waals surface area (Å²) in [5, 5.41) is 7.48. The van der Waals surface area contributed by atoms with Gasteiger partial charge in [-0.2, -0.15) is 5.10 Å². The number of hydrogen-bond donors (Lipinski definition) is 1. The maximum absolute atomic E-state index is 12.4. The zero-order valence-electron chi connectivity index (χ0n) is 13.8. The number of anilines is 1. The van der Waals surface area contributed by atoms with Gasteiger partial charge in [0.2, 0.25) is 0 Å². The zero-order chi connectivity index (χ0) is 15.6. The minimum absolute atomic E-state index is 0.00175. The average Bonchev–Trinajstić information content (AvgIpc) is 2.97. The van der Waals surface area contributed by atoms with Gasteiger partial charge in [0.05, 0.1) is 17.1 Å². The van der Waals surface area contributed by atoms with Crippen LogP contribution in [0.3, 0.4) is 0 Å². The van der Waals surface area contributed by atoms with E-state index >= 15 is 0 Å². The molecule has 6 heteroatoms. The fourth-order valence-electron chi connectivity index (χ4n) is 3.05. The van der Waals surface area contributed by atoms with E-state index in [-0.39, 0.29) is 6.03 Å². The molecule has 2 amide bonds. The highest BCUT2D eigenvalue weighted by atomic mass is 16.2. The number of likely N-dealkylation sites (tertiary alicyclic amines) is 1. The first kappa shape index (κ1) is 15.8. The van der Waals surface area contributed by atoms with Crippen LogP contribution in [0.2, 0.25) is 0 Å². The summed E-state index contributed by atoms with van der Waals surface area (Å²) in [7, 11) is 4.16. The Balaban J connectivity index is 1.98. The second kappa shape index (κ2) is 6.47. The highest BCUT2D eigenvalue weighted by Crippen LogP contribution is 2.22. The van der Waals surface area contributed by atoms with Gasteiger partial charge in [-0.05, 0) is 47.2 Å². The van der Waals surface area contributed by atoms with Crippen LogP contribution in [0.4, 0.5) is 10.5 Å². The first-order valence-electron chi connectivity index (χ1n) is 7.67. The van der Waals surface area contributed by atoms with E-state index in [9.17, 15) is 4.79 Å². The molecule has 1 N–H and O–H groups in total. The molecule has 21 heavy (non-hydrogen) atoms. The summed E-state index contributed by atoms with van der Waals surface area (Å²) in [6.45, 7) is 9.52. The van der Waals surface area contributed by atoms with Gasteiger partial charge in [0.1, 0.15) is 0 Å². The molecular formula is C15H27N5O. The highest BCUT2D eigenvalue weighted by molar-refractivity contribution is 5.90. The fraction of sp³-hybridized carbons (Fsp3) is 0.733. The van der Waals surface area contributed by atoms with Gasteiger partial charge < -0.3 is 15.1 Å². The number of carbonyl (C=O) groups excluding carboxylic acids is 1. The van der Waals surface area contributed by atoms with Crippen LogP contribution in [0, 0.1) is 19.8 Å². The van der Waals surface area contributed by atoms with E-state index in [1.165, 1.54) is 0 Å². The third-order valence-corrected chi connectivity index (χ3v) is 4.11. The molecule has 2 heterocycles. The number of rotatable bonds is 4. The number of amides is 2. The SMILES string of the molecule is CCn1nc(C)c(NC(=O)N2CCC(CN(C)C)C2)c1C. The van der Waals surface area contributed by atoms with Crippen LogP contribution >= 0.6 is 0 Å². The smallest absolute Gasteiger partial charge is 0.321 e. The summed E-state index contributed by atoms with van der Waals surface area (Å²) >= 11 is 0. The average molecular weight is 293 g/mol. The highest BCUT2D eigenvalue weighted by Gasteiger charge is 2.27. The Morgan fingerprint density at radius 3 is 2.71 bits per heavy atom. The minimum Gasteiger partial charge on any atom is -0.324 e. The lowest BCUT2D eigenvalue weighted by atomic mass is 10.1. The van der Waals surface area contributed by atoms with E-state index in [4.69, 9.17) is 0 Å². The van der Waals surface area contributed by atoms with Crippen molar-refractivity contribution in [2.45, 2.75) is 33.7 Å². The molecule has 118 valence electrons. The number of nitrogens with one attached hydrogen (secondary N) is 1. The Kier molecular flexibility index (Phi) is 4.88. The van der Waals surface area contributed by atoms with Gasteiger partial charge in [0.15, 0.2) is 0 Å². The normalized spacial score (nSPS) is 18.6. The zero-order valence-corrected chi connectivity index (χ0v) is 13.8. The molecule has 0 bridgehead atoms. The molecule has 1 aliphatic rings. The van der Waals surface area contributed by atoms with E-state index in [1.54, 1.807) is 0 Å². The molecule has 1 saturated heterocycles. The van der Waals surface area contributed by atoms with Gasteiger partial charge in [-0.1, -0.05) is 0 Å². The minimum atomic E-state index is -0.00175. The maximum atomic E-state index is 12.4. The third-order valence-electron chi connectivity index (χ3n) is 4.11.